The summed E-state index contributed by atoms with van der Waals surface area (Å²) in [4.78, 5) is 25.6. The molecule has 0 saturated carbocycles. The van der Waals surface area contributed by atoms with Gasteiger partial charge < -0.3 is 10.2 Å². The van der Waals surface area contributed by atoms with Gasteiger partial charge in [-0.05, 0) is 36.8 Å². The van der Waals surface area contributed by atoms with E-state index >= 15 is 0 Å². The van der Waals surface area contributed by atoms with E-state index in [0.717, 1.165) is 43.6 Å². The summed E-state index contributed by atoms with van der Waals surface area (Å²) in [5.41, 5.74) is 2.25. The predicted molar refractivity (Wildman–Crippen MR) is 106 cm³/mol. The van der Waals surface area contributed by atoms with Crippen LogP contribution in [0.15, 0.2) is 48.5 Å². The molecule has 0 bridgehead atoms. The highest BCUT2D eigenvalue weighted by molar-refractivity contribution is 6.00. The lowest BCUT2D eigenvalue weighted by Gasteiger charge is -2.33. The van der Waals surface area contributed by atoms with Gasteiger partial charge in [-0.2, -0.15) is 0 Å². The van der Waals surface area contributed by atoms with Crippen molar-refractivity contribution < 1.29 is 9.72 Å². The minimum absolute atomic E-state index is 0.0580. The maximum Gasteiger partial charge on any atom is 0.270 e. The van der Waals surface area contributed by atoms with E-state index in [-0.39, 0.29) is 11.6 Å². The maximum atomic E-state index is 12.8. The van der Waals surface area contributed by atoms with Gasteiger partial charge in [-0.3, -0.25) is 14.9 Å². The summed E-state index contributed by atoms with van der Waals surface area (Å²) < 4.78 is 0. The molecule has 27 heavy (non-hydrogen) atoms. The molecule has 0 atom stereocenters. The Kier molecular flexibility index (Phi) is 6.06. The van der Waals surface area contributed by atoms with Gasteiger partial charge in [-0.15, -0.1) is 0 Å². The number of hydrogen-bond donors (Lipinski definition) is 1. The summed E-state index contributed by atoms with van der Waals surface area (Å²) in [5.74, 6) is 0.408. The van der Waals surface area contributed by atoms with Crippen LogP contribution in [0.4, 0.5) is 11.4 Å². The maximum absolute atomic E-state index is 12.8. The second-order valence-corrected chi connectivity index (χ2v) is 7.12. The Bertz CT molecular complexity index is 800. The molecule has 2 aromatic rings. The lowest BCUT2D eigenvalue weighted by atomic mass is 9.98. The lowest BCUT2D eigenvalue weighted by molar-refractivity contribution is -0.384. The van der Waals surface area contributed by atoms with Crippen LogP contribution in [0.2, 0.25) is 0 Å². The van der Waals surface area contributed by atoms with Gasteiger partial charge in [0, 0.05) is 31.8 Å². The molecule has 1 N–H and O–H groups in total. The van der Waals surface area contributed by atoms with Crippen LogP contribution in [0.3, 0.4) is 0 Å². The zero-order valence-electron chi connectivity index (χ0n) is 15.6. The van der Waals surface area contributed by atoms with E-state index in [1.807, 2.05) is 30.3 Å². The highest BCUT2D eigenvalue weighted by Crippen LogP contribution is 2.29. The molecular formula is C21H25N3O3. The van der Waals surface area contributed by atoms with Crippen molar-refractivity contribution in [2.24, 2.45) is 5.92 Å². The second-order valence-electron chi connectivity index (χ2n) is 7.12. The van der Waals surface area contributed by atoms with Gasteiger partial charge in [0.1, 0.15) is 0 Å². The van der Waals surface area contributed by atoms with E-state index in [1.54, 1.807) is 6.07 Å². The van der Waals surface area contributed by atoms with E-state index in [4.69, 9.17) is 0 Å². The van der Waals surface area contributed by atoms with Gasteiger partial charge in [0.25, 0.3) is 11.6 Å². The molecule has 1 saturated heterocycles. The SMILES string of the molecule is CC1CCN(c2ccc([N+](=O)[O-])cc2C(=O)NCCc2ccccc2)CC1. The Morgan fingerprint density at radius 1 is 1.19 bits per heavy atom. The molecule has 0 spiro atoms. The largest absolute Gasteiger partial charge is 0.371 e. The first-order valence-electron chi connectivity index (χ1n) is 9.40. The van der Waals surface area contributed by atoms with Gasteiger partial charge in [0.15, 0.2) is 0 Å². The zero-order valence-corrected chi connectivity index (χ0v) is 15.6. The summed E-state index contributed by atoms with van der Waals surface area (Å²) >= 11 is 0. The average Bonchev–Trinajstić information content (AvgIpc) is 2.69. The molecule has 1 amide bonds. The fourth-order valence-corrected chi connectivity index (χ4v) is 3.40. The van der Waals surface area contributed by atoms with Gasteiger partial charge in [-0.1, -0.05) is 37.3 Å². The number of nitrogens with zero attached hydrogens (tertiary/aromatic N) is 2. The van der Waals surface area contributed by atoms with E-state index < -0.39 is 4.92 Å². The van der Waals surface area contributed by atoms with E-state index in [1.165, 1.54) is 12.1 Å². The molecule has 1 aliphatic heterocycles. The number of non-ortho nitro benzene ring substituents is 1. The molecule has 1 aliphatic rings. The lowest BCUT2D eigenvalue weighted by Crippen LogP contribution is -2.35. The van der Waals surface area contributed by atoms with Crippen molar-refractivity contribution in [3.63, 3.8) is 0 Å². The first-order valence-corrected chi connectivity index (χ1v) is 9.40. The van der Waals surface area contributed by atoms with E-state index in [0.29, 0.717) is 18.0 Å². The number of amides is 1. The third-order valence-corrected chi connectivity index (χ3v) is 5.10. The van der Waals surface area contributed by atoms with Crippen molar-refractivity contribution in [2.45, 2.75) is 26.2 Å². The molecule has 2 aromatic carbocycles. The number of benzene rings is 2. The fourth-order valence-electron chi connectivity index (χ4n) is 3.40. The van der Waals surface area contributed by atoms with Crippen molar-refractivity contribution in [3.8, 4) is 0 Å². The highest BCUT2D eigenvalue weighted by atomic mass is 16.6. The van der Waals surface area contributed by atoms with Crippen molar-refractivity contribution in [3.05, 3.63) is 69.8 Å². The quantitative estimate of drug-likeness (QED) is 0.622. The van der Waals surface area contributed by atoms with Gasteiger partial charge in [0.05, 0.1) is 16.2 Å². The van der Waals surface area contributed by atoms with Crippen molar-refractivity contribution >= 4 is 17.3 Å². The van der Waals surface area contributed by atoms with Gasteiger partial charge in [0.2, 0.25) is 0 Å². The van der Waals surface area contributed by atoms with E-state index in [2.05, 4.69) is 17.1 Å². The molecule has 1 heterocycles. The van der Waals surface area contributed by atoms with Crippen molar-refractivity contribution in [2.75, 3.05) is 24.5 Å². The first-order chi connectivity index (χ1) is 13.0. The Labute approximate surface area is 159 Å². The minimum atomic E-state index is -0.456. The van der Waals surface area contributed by atoms with Crippen molar-refractivity contribution in [1.82, 2.24) is 5.32 Å². The summed E-state index contributed by atoms with van der Waals surface area (Å²) in [6, 6.07) is 14.5. The molecule has 0 radical (unpaired) electrons. The monoisotopic (exact) mass is 367 g/mol. The van der Waals surface area contributed by atoms with Crippen molar-refractivity contribution in [1.29, 1.82) is 0 Å². The number of nitro benzene ring substituents is 1. The number of rotatable bonds is 6. The third-order valence-electron chi connectivity index (χ3n) is 5.10. The number of nitro groups is 1. The molecule has 3 rings (SSSR count). The third kappa shape index (κ3) is 4.84. The summed E-state index contributed by atoms with van der Waals surface area (Å²) in [5, 5.41) is 14.1. The van der Waals surface area contributed by atoms with E-state index in [9.17, 15) is 14.9 Å². The number of hydrogen-bond acceptors (Lipinski definition) is 4. The van der Waals surface area contributed by atoms with Crippen LogP contribution in [-0.4, -0.2) is 30.5 Å². The Balaban J connectivity index is 1.75. The first kappa shape index (κ1) is 18.9. The number of piperidine rings is 1. The normalized spacial score (nSPS) is 14.8. The molecular weight excluding hydrogens is 342 g/mol. The topological polar surface area (TPSA) is 75.5 Å². The van der Waals surface area contributed by atoms with Crippen LogP contribution in [0.5, 0.6) is 0 Å². The van der Waals surface area contributed by atoms with Crippen LogP contribution in [0, 0.1) is 16.0 Å². The Hall–Kier alpha value is -2.89. The molecule has 0 aromatic heterocycles. The number of nitrogens with one attached hydrogen (secondary N) is 1. The molecule has 0 aliphatic carbocycles. The zero-order chi connectivity index (χ0) is 19.2. The van der Waals surface area contributed by atoms with Crippen LogP contribution in [0.25, 0.3) is 0 Å². The van der Waals surface area contributed by atoms with Crippen LogP contribution < -0.4 is 10.2 Å². The summed E-state index contributed by atoms with van der Waals surface area (Å²) in [6.45, 7) is 4.44. The molecule has 6 nitrogen and oxygen atoms in total. The van der Waals surface area contributed by atoms with Crippen LogP contribution in [0.1, 0.15) is 35.7 Å². The fraction of sp³-hybridized carbons (Fsp3) is 0.381. The number of carbonyl (C=O) groups excluding carboxylic acids is 1. The summed E-state index contributed by atoms with van der Waals surface area (Å²) in [6.07, 6.45) is 2.84. The highest BCUT2D eigenvalue weighted by Gasteiger charge is 2.23. The molecule has 142 valence electrons. The van der Waals surface area contributed by atoms with Gasteiger partial charge >= 0.3 is 0 Å². The molecule has 0 unspecified atom stereocenters. The van der Waals surface area contributed by atoms with Gasteiger partial charge in [-0.25, -0.2) is 0 Å². The number of anilines is 1. The standard InChI is InChI=1S/C21H25N3O3/c1-16-10-13-23(14-11-16)20-8-7-18(24(26)27)15-19(20)21(25)22-12-9-17-5-3-2-4-6-17/h2-8,15-16H,9-14H2,1H3,(H,22,25). The summed E-state index contributed by atoms with van der Waals surface area (Å²) in [7, 11) is 0. The smallest absolute Gasteiger partial charge is 0.270 e. The Morgan fingerprint density at radius 2 is 1.89 bits per heavy atom. The second kappa shape index (κ2) is 8.66. The molecule has 6 heteroatoms. The molecule has 1 fully saturated rings. The minimum Gasteiger partial charge on any atom is -0.371 e. The Morgan fingerprint density at radius 3 is 2.56 bits per heavy atom. The number of carbonyl (C=O) groups is 1. The van der Waals surface area contributed by atoms with Crippen LogP contribution in [-0.2, 0) is 6.42 Å². The predicted octanol–water partition coefficient (Wildman–Crippen LogP) is 3.80. The van der Waals surface area contributed by atoms with Crippen LogP contribution >= 0.6 is 0 Å². The average molecular weight is 367 g/mol.